The summed E-state index contributed by atoms with van der Waals surface area (Å²) in [4.78, 5) is 32.7. The van der Waals surface area contributed by atoms with Gasteiger partial charge >= 0.3 is 12.1 Å². The second-order valence-electron chi connectivity index (χ2n) is 6.16. The second kappa shape index (κ2) is 8.04. The number of anilines is 3. The van der Waals surface area contributed by atoms with Gasteiger partial charge in [0.1, 0.15) is 0 Å². The van der Waals surface area contributed by atoms with E-state index in [0.717, 1.165) is 0 Å². The summed E-state index contributed by atoms with van der Waals surface area (Å²) >= 11 is 5.53. The van der Waals surface area contributed by atoms with E-state index in [0.29, 0.717) is 17.1 Å². The van der Waals surface area contributed by atoms with Crippen molar-refractivity contribution in [1.29, 1.82) is 0 Å². The number of para-hydroxylation sites is 3. The first-order valence-electron chi connectivity index (χ1n) is 8.88. The first kappa shape index (κ1) is 18.5. The molecule has 4 amide bonds. The molecule has 0 aliphatic carbocycles. The van der Waals surface area contributed by atoms with Crippen LogP contribution >= 0.6 is 12.2 Å². The van der Waals surface area contributed by atoms with Crippen LogP contribution in [0.2, 0.25) is 0 Å². The Kier molecular flexibility index (Phi) is 5.13. The third kappa shape index (κ3) is 3.76. The molecular weight excluding hydrogens is 384 g/mol. The molecule has 0 bridgehead atoms. The minimum Gasteiger partial charge on any atom is -0.306 e. The molecule has 4 rings (SSSR count). The van der Waals surface area contributed by atoms with Crippen molar-refractivity contribution in [2.45, 2.75) is 0 Å². The fourth-order valence-corrected chi connectivity index (χ4v) is 3.28. The van der Waals surface area contributed by atoms with E-state index >= 15 is 0 Å². The highest BCUT2D eigenvalue weighted by Gasteiger charge is 2.41. The molecule has 3 aromatic carbocycles. The quantitative estimate of drug-likeness (QED) is 0.623. The molecule has 1 saturated heterocycles. The van der Waals surface area contributed by atoms with Crippen LogP contribution in [0.15, 0.2) is 96.0 Å². The van der Waals surface area contributed by atoms with Gasteiger partial charge in [0.15, 0.2) is 10.8 Å². The van der Waals surface area contributed by atoms with E-state index in [4.69, 9.17) is 12.2 Å². The molecule has 142 valence electrons. The molecule has 0 atom stereocenters. The molecule has 0 saturated carbocycles. The van der Waals surface area contributed by atoms with Crippen LogP contribution in [-0.2, 0) is 0 Å². The Balaban J connectivity index is 1.73. The minimum absolute atomic E-state index is 0.105. The number of benzene rings is 3. The SMILES string of the molecule is O=C(/N=C1\C(=S)N(c2ccccc2)C(=O)N1c1ccccc1)Nc1ccccc1. The van der Waals surface area contributed by atoms with Gasteiger partial charge in [-0.05, 0) is 36.4 Å². The maximum absolute atomic E-state index is 13.2. The molecular formula is C22H16N4O2S. The number of nitrogens with one attached hydrogen (secondary N) is 1. The summed E-state index contributed by atoms with van der Waals surface area (Å²) in [6.07, 6.45) is 0. The zero-order valence-electron chi connectivity index (χ0n) is 15.2. The van der Waals surface area contributed by atoms with Crippen molar-refractivity contribution in [2.24, 2.45) is 4.99 Å². The number of carbonyl (C=O) groups excluding carboxylic acids is 2. The van der Waals surface area contributed by atoms with Gasteiger partial charge < -0.3 is 5.32 Å². The van der Waals surface area contributed by atoms with Crippen molar-refractivity contribution in [2.75, 3.05) is 15.1 Å². The number of nitrogens with zero attached hydrogens (tertiary/aromatic N) is 3. The predicted molar refractivity (Wildman–Crippen MR) is 119 cm³/mol. The zero-order chi connectivity index (χ0) is 20.2. The number of amidine groups is 1. The van der Waals surface area contributed by atoms with Crippen molar-refractivity contribution in [3.8, 4) is 0 Å². The highest BCUT2D eigenvalue weighted by atomic mass is 32.1. The number of amides is 4. The van der Waals surface area contributed by atoms with Gasteiger partial charge in [-0.3, -0.25) is 0 Å². The van der Waals surface area contributed by atoms with Gasteiger partial charge in [0.05, 0.1) is 11.4 Å². The van der Waals surface area contributed by atoms with Gasteiger partial charge in [-0.15, -0.1) is 0 Å². The van der Waals surface area contributed by atoms with Crippen molar-refractivity contribution < 1.29 is 9.59 Å². The van der Waals surface area contributed by atoms with Gasteiger partial charge in [-0.2, -0.15) is 4.99 Å². The molecule has 1 aliphatic heterocycles. The van der Waals surface area contributed by atoms with E-state index in [1.807, 2.05) is 30.3 Å². The van der Waals surface area contributed by atoms with Crippen LogP contribution in [0.25, 0.3) is 0 Å². The molecule has 1 aliphatic rings. The molecule has 0 spiro atoms. The highest BCUT2D eigenvalue weighted by Crippen LogP contribution is 2.28. The molecule has 1 heterocycles. The molecule has 6 nitrogen and oxygen atoms in total. The highest BCUT2D eigenvalue weighted by molar-refractivity contribution is 7.82. The lowest BCUT2D eigenvalue weighted by Gasteiger charge is -2.17. The van der Waals surface area contributed by atoms with Crippen molar-refractivity contribution in [3.05, 3.63) is 91.0 Å². The van der Waals surface area contributed by atoms with Crippen LogP contribution < -0.4 is 15.1 Å². The Morgan fingerprint density at radius 2 is 1.24 bits per heavy atom. The van der Waals surface area contributed by atoms with E-state index in [9.17, 15) is 9.59 Å². The van der Waals surface area contributed by atoms with E-state index in [1.54, 1.807) is 60.7 Å². The molecule has 0 radical (unpaired) electrons. The number of rotatable bonds is 3. The lowest BCUT2D eigenvalue weighted by Crippen LogP contribution is -2.33. The van der Waals surface area contributed by atoms with Gasteiger partial charge in [-0.1, -0.05) is 66.8 Å². The number of thiocarbonyl (C=S) groups is 1. The van der Waals surface area contributed by atoms with Crippen LogP contribution in [-0.4, -0.2) is 22.9 Å². The Morgan fingerprint density at radius 3 is 1.79 bits per heavy atom. The fraction of sp³-hybridized carbons (Fsp3) is 0. The maximum atomic E-state index is 13.2. The maximum Gasteiger partial charge on any atom is 0.347 e. The van der Waals surface area contributed by atoms with E-state index in [2.05, 4.69) is 10.3 Å². The van der Waals surface area contributed by atoms with Gasteiger partial charge in [-0.25, -0.2) is 19.4 Å². The van der Waals surface area contributed by atoms with E-state index in [1.165, 1.54) is 9.80 Å². The third-order valence-corrected chi connectivity index (χ3v) is 4.62. The number of hydrogen-bond acceptors (Lipinski definition) is 3. The number of carbonyl (C=O) groups is 2. The molecule has 0 aromatic heterocycles. The normalized spacial score (nSPS) is 15.1. The summed E-state index contributed by atoms with van der Waals surface area (Å²) in [5, 5.41) is 2.69. The molecule has 3 aromatic rings. The van der Waals surface area contributed by atoms with Crippen LogP contribution in [0.4, 0.5) is 26.7 Å². The second-order valence-corrected chi connectivity index (χ2v) is 6.55. The van der Waals surface area contributed by atoms with E-state index < -0.39 is 12.1 Å². The van der Waals surface area contributed by atoms with Gasteiger partial charge in [0.2, 0.25) is 0 Å². The van der Waals surface area contributed by atoms with Gasteiger partial charge in [0, 0.05) is 5.69 Å². The monoisotopic (exact) mass is 400 g/mol. The zero-order valence-corrected chi connectivity index (χ0v) is 16.0. The number of urea groups is 2. The largest absolute Gasteiger partial charge is 0.347 e. The summed E-state index contributed by atoms with van der Waals surface area (Å²) < 4.78 is 0. The summed E-state index contributed by atoms with van der Waals surface area (Å²) in [6, 6.07) is 26.0. The summed E-state index contributed by atoms with van der Waals surface area (Å²) in [5.74, 6) is 0.105. The Morgan fingerprint density at radius 1 is 0.759 bits per heavy atom. The van der Waals surface area contributed by atoms with Crippen molar-refractivity contribution in [3.63, 3.8) is 0 Å². The summed E-state index contributed by atoms with van der Waals surface area (Å²) in [7, 11) is 0. The molecule has 29 heavy (non-hydrogen) atoms. The van der Waals surface area contributed by atoms with Gasteiger partial charge in [0.25, 0.3) is 0 Å². The standard InChI is InChI=1S/C22H16N4O2S/c27-21(23-16-10-4-1-5-11-16)24-19-20(29)26(18-14-8-3-9-15-18)22(28)25(19)17-12-6-2-7-13-17/h1-15H,(H,23,27)/b24-19+. The number of hydrogen-bond donors (Lipinski definition) is 1. The summed E-state index contributed by atoms with van der Waals surface area (Å²) in [5.41, 5.74) is 1.78. The Labute approximate surface area is 173 Å². The minimum atomic E-state index is -0.614. The fourth-order valence-electron chi connectivity index (χ4n) is 2.95. The molecule has 1 fully saturated rings. The molecule has 7 heteroatoms. The summed E-state index contributed by atoms with van der Waals surface area (Å²) in [6.45, 7) is 0. The van der Waals surface area contributed by atoms with Crippen LogP contribution in [0.5, 0.6) is 0 Å². The molecule has 0 unspecified atom stereocenters. The Bertz CT molecular complexity index is 1090. The van der Waals surface area contributed by atoms with Crippen molar-refractivity contribution >= 4 is 52.2 Å². The van der Waals surface area contributed by atoms with Crippen LogP contribution in [0.1, 0.15) is 0 Å². The average molecular weight is 400 g/mol. The molecule has 1 N–H and O–H groups in total. The lowest BCUT2D eigenvalue weighted by atomic mass is 10.3. The van der Waals surface area contributed by atoms with E-state index in [-0.39, 0.29) is 10.8 Å². The predicted octanol–water partition coefficient (Wildman–Crippen LogP) is 5.09. The smallest absolute Gasteiger partial charge is 0.306 e. The topological polar surface area (TPSA) is 65.0 Å². The number of aliphatic imine (C=N–C) groups is 1. The third-order valence-electron chi connectivity index (χ3n) is 4.25. The Hall–Kier alpha value is -3.84. The average Bonchev–Trinajstić information content (AvgIpc) is 2.99. The first-order valence-corrected chi connectivity index (χ1v) is 9.29. The van der Waals surface area contributed by atoms with Crippen LogP contribution in [0.3, 0.4) is 0 Å². The van der Waals surface area contributed by atoms with Crippen molar-refractivity contribution in [1.82, 2.24) is 0 Å². The first-order chi connectivity index (χ1) is 14.1. The lowest BCUT2D eigenvalue weighted by molar-refractivity contribution is 0.257. The van der Waals surface area contributed by atoms with Crippen LogP contribution in [0, 0.1) is 0 Å².